The lowest BCUT2D eigenvalue weighted by atomic mass is 9.68. The van der Waals surface area contributed by atoms with Gasteiger partial charge in [-0.3, -0.25) is 0 Å². The van der Waals surface area contributed by atoms with E-state index in [9.17, 15) is 13.2 Å². The first-order valence-corrected chi connectivity index (χ1v) is 13.4. The van der Waals surface area contributed by atoms with Crippen molar-refractivity contribution in [3.63, 3.8) is 0 Å². The molecule has 190 valence electrons. The van der Waals surface area contributed by atoms with E-state index >= 15 is 0 Å². The number of allylic oxidation sites excluding steroid dienone is 1. The Kier molecular flexibility index (Phi) is 8.62. The highest BCUT2D eigenvalue weighted by Gasteiger charge is 2.32. The van der Waals surface area contributed by atoms with Gasteiger partial charge in [-0.1, -0.05) is 75.1 Å². The molecule has 0 amide bonds. The summed E-state index contributed by atoms with van der Waals surface area (Å²) >= 11 is 0. The average molecular weight is 485 g/mol. The Morgan fingerprint density at radius 2 is 1.40 bits per heavy atom. The molecule has 2 aromatic carbocycles. The van der Waals surface area contributed by atoms with Crippen LogP contribution in [0, 0.1) is 17.8 Å². The fourth-order valence-electron chi connectivity index (χ4n) is 6.40. The van der Waals surface area contributed by atoms with Gasteiger partial charge >= 0.3 is 6.36 Å². The second kappa shape index (κ2) is 11.7. The molecule has 0 bridgehead atoms. The number of ether oxygens (including phenoxy) is 1. The van der Waals surface area contributed by atoms with Gasteiger partial charge in [-0.15, -0.1) is 13.2 Å². The lowest BCUT2D eigenvalue weighted by molar-refractivity contribution is -0.274. The van der Waals surface area contributed by atoms with E-state index in [1.807, 2.05) is 6.92 Å². The third-order valence-electron chi connectivity index (χ3n) is 8.36. The average Bonchev–Trinajstić information content (AvgIpc) is 2.85. The topological polar surface area (TPSA) is 9.23 Å². The first kappa shape index (κ1) is 25.9. The highest BCUT2D eigenvalue weighted by molar-refractivity contribution is 5.80. The van der Waals surface area contributed by atoms with Crippen LogP contribution in [0.15, 0.2) is 48.5 Å². The Morgan fingerprint density at radius 3 is 1.94 bits per heavy atom. The maximum absolute atomic E-state index is 12.4. The molecule has 35 heavy (non-hydrogen) atoms. The number of halogens is 3. The van der Waals surface area contributed by atoms with E-state index in [1.165, 1.54) is 81.9 Å². The largest absolute Gasteiger partial charge is 0.573 e. The van der Waals surface area contributed by atoms with Gasteiger partial charge in [-0.05, 0) is 104 Å². The van der Waals surface area contributed by atoms with Gasteiger partial charge in [0.25, 0.3) is 0 Å². The minimum absolute atomic E-state index is 0.197. The van der Waals surface area contributed by atoms with Gasteiger partial charge in [0.1, 0.15) is 5.75 Å². The molecule has 0 atom stereocenters. The number of hydrogen-bond donors (Lipinski definition) is 0. The van der Waals surface area contributed by atoms with Crippen molar-refractivity contribution in [1.29, 1.82) is 0 Å². The van der Waals surface area contributed by atoms with Crippen LogP contribution in [0.5, 0.6) is 5.75 Å². The van der Waals surface area contributed by atoms with Crippen molar-refractivity contribution >= 4 is 11.6 Å². The van der Waals surface area contributed by atoms with Crippen LogP contribution >= 0.6 is 0 Å². The Bertz CT molecular complexity index is 942. The van der Waals surface area contributed by atoms with Crippen molar-refractivity contribution in [2.75, 3.05) is 0 Å². The van der Waals surface area contributed by atoms with Crippen molar-refractivity contribution in [2.24, 2.45) is 17.8 Å². The van der Waals surface area contributed by atoms with Crippen LogP contribution in [0.2, 0.25) is 0 Å². The van der Waals surface area contributed by atoms with Crippen LogP contribution in [0.25, 0.3) is 11.6 Å². The first-order chi connectivity index (χ1) is 16.8. The van der Waals surface area contributed by atoms with Gasteiger partial charge in [0.05, 0.1) is 0 Å². The summed E-state index contributed by atoms with van der Waals surface area (Å²) in [4.78, 5) is 0. The third-order valence-corrected chi connectivity index (χ3v) is 8.36. The van der Waals surface area contributed by atoms with Crippen LogP contribution in [-0.4, -0.2) is 6.36 Å². The predicted octanol–water partition coefficient (Wildman–Crippen LogP) is 10.0. The number of benzene rings is 2. The lowest BCUT2D eigenvalue weighted by Crippen LogP contribution is -2.25. The van der Waals surface area contributed by atoms with Crippen molar-refractivity contribution < 1.29 is 17.9 Å². The molecule has 2 aliphatic carbocycles. The Labute approximate surface area is 208 Å². The molecule has 0 aliphatic heterocycles. The summed E-state index contributed by atoms with van der Waals surface area (Å²) in [5, 5.41) is 0. The predicted molar refractivity (Wildman–Crippen MR) is 138 cm³/mol. The zero-order valence-electron chi connectivity index (χ0n) is 21.1. The highest BCUT2D eigenvalue weighted by atomic mass is 19.4. The van der Waals surface area contributed by atoms with Crippen molar-refractivity contribution in [2.45, 2.75) is 90.3 Å². The van der Waals surface area contributed by atoms with Gasteiger partial charge < -0.3 is 4.74 Å². The molecule has 2 saturated carbocycles. The summed E-state index contributed by atoms with van der Waals surface area (Å²) < 4.78 is 41.0. The number of alkyl halides is 3. The van der Waals surface area contributed by atoms with E-state index in [0.29, 0.717) is 5.92 Å². The van der Waals surface area contributed by atoms with Crippen LogP contribution < -0.4 is 4.74 Å². The molecule has 4 rings (SSSR count). The maximum Gasteiger partial charge on any atom is 0.573 e. The number of hydrogen-bond acceptors (Lipinski definition) is 1. The zero-order chi connectivity index (χ0) is 24.8. The molecule has 2 aromatic rings. The van der Waals surface area contributed by atoms with Crippen molar-refractivity contribution in [3.8, 4) is 5.75 Å². The van der Waals surface area contributed by atoms with Crippen molar-refractivity contribution in [3.05, 3.63) is 65.2 Å². The minimum atomic E-state index is -4.67. The second-order valence-electron chi connectivity index (χ2n) is 10.7. The van der Waals surface area contributed by atoms with Crippen LogP contribution in [0.1, 0.15) is 101 Å². The molecule has 0 aromatic heterocycles. The normalized spacial score (nSPS) is 25.9. The van der Waals surface area contributed by atoms with E-state index < -0.39 is 6.36 Å². The molecule has 0 spiro atoms. The summed E-state index contributed by atoms with van der Waals surface area (Å²) in [6.07, 6.45) is 11.4. The van der Waals surface area contributed by atoms with E-state index in [-0.39, 0.29) is 5.75 Å². The van der Waals surface area contributed by atoms with Gasteiger partial charge in [-0.25, -0.2) is 0 Å². The van der Waals surface area contributed by atoms with E-state index in [0.717, 1.165) is 34.5 Å². The van der Waals surface area contributed by atoms with Crippen LogP contribution in [0.4, 0.5) is 13.2 Å². The molecule has 0 heterocycles. The fourth-order valence-corrected chi connectivity index (χ4v) is 6.40. The number of rotatable bonds is 7. The summed E-state index contributed by atoms with van der Waals surface area (Å²) in [6, 6.07) is 14.9. The molecule has 2 fully saturated rings. The minimum Gasteiger partial charge on any atom is -0.406 e. The van der Waals surface area contributed by atoms with E-state index in [4.69, 9.17) is 0 Å². The summed E-state index contributed by atoms with van der Waals surface area (Å²) in [5.74, 6) is 3.37. The summed E-state index contributed by atoms with van der Waals surface area (Å²) in [7, 11) is 0. The monoisotopic (exact) mass is 484 g/mol. The molecular weight excluding hydrogens is 445 g/mol. The standard InChI is InChI=1S/C31H39F3O/c1-3-4-23-5-9-26(10-6-23)28-13-15-29(16-14-28)27-11-7-24(8-12-27)21-22(2)25-17-19-30(20-18-25)35-31(32,33)34/h7-8,11-12,17-21,23,26,28-29H,3-6,9-10,13-16H2,1-2H3/b22-21+. The quantitative estimate of drug-likeness (QED) is 0.355. The molecule has 2 aliphatic rings. The first-order valence-electron chi connectivity index (χ1n) is 13.4. The summed E-state index contributed by atoms with van der Waals surface area (Å²) in [6.45, 7) is 4.29. The van der Waals surface area contributed by atoms with Gasteiger partial charge in [0.15, 0.2) is 0 Å². The highest BCUT2D eigenvalue weighted by Crippen LogP contribution is 2.44. The maximum atomic E-state index is 12.4. The molecule has 1 nitrogen and oxygen atoms in total. The van der Waals surface area contributed by atoms with Crippen LogP contribution in [0.3, 0.4) is 0 Å². The molecule has 0 radical (unpaired) electrons. The van der Waals surface area contributed by atoms with E-state index in [1.54, 1.807) is 12.1 Å². The van der Waals surface area contributed by atoms with E-state index in [2.05, 4.69) is 42.0 Å². The Balaban J connectivity index is 1.29. The molecule has 0 N–H and O–H groups in total. The van der Waals surface area contributed by atoms with Gasteiger partial charge in [0, 0.05) is 0 Å². The Hall–Kier alpha value is -2.23. The summed E-state index contributed by atoms with van der Waals surface area (Å²) in [5.41, 5.74) is 4.44. The van der Waals surface area contributed by atoms with Gasteiger partial charge in [0.2, 0.25) is 0 Å². The fraction of sp³-hybridized carbons (Fsp3) is 0.548. The SMILES string of the molecule is CCCC1CCC(C2CCC(c3ccc(/C=C(\C)c4ccc(OC(F)(F)F)cc4)cc3)CC2)CC1. The lowest BCUT2D eigenvalue weighted by Gasteiger charge is -2.38. The smallest absolute Gasteiger partial charge is 0.406 e. The van der Waals surface area contributed by atoms with Crippen LogP contribution in [-0.2, 0) is 0 Å². The van der Waals surface area contributed by atoms with Crippen molar-refractivity contribution in [1.82, 2.24) is 0 Å². The molecule has 0 unspecified atom stereocenters. The molecule has 4 heteroatoms. The third kappa shape index (κ3) is 7.38. The molecular formula is C31H39F3O. The zero-order valence-corrected chi connectivity index (χ0v) is 21.1. The molecule has 0 saturated heterocycles. The second-order valence-corrected chi connectivity index (χ2v) is 10.7. The Morgan fingerprint density at radius 1 is 0.829 bits per heavy atom. The van der Waals surface area contributed by atoms with Gasteiger partial charge in [-0.2, -0.15) is 0 Å².